The number of carbonyl (C=O) groups excluding carboxylic acids is 1. The van der Waals surface area contributed by atoms with Gasteiger partial charge in [0.25, 0.3) is 0 Å². The van der Waals surface area contributed by atoms with E-state index >= 15 is 0 Å². The molecule has 46 valence electrons. The van der Waals surface area contributed by atoms with Crippen LogP contribution in [0.25, 0.3) is 0 Å². The third-order valence-corrected chi connectivity index (χ3v) is 0.603. The summed E-state index contributed by atoms with van der Waals surface area (Å²) in [4.78, 5) is 10.0. The molecule has 0 aliphatic heterocycles. The lowest BCUT2D eigenvalue weighted by Crippen LogP contribution is -1.95. The number of ether oxygens (including phenoxy) is 1. The van der Waals surface area contributed by atoms with Crippen LogP contribution in [0, 0.1) is 0 Å². The molecule has 1 amide bonds. The molecule has 0 aromatic carbocycles. The Bertz CT molecular complexity index is 128. The van der Waals surface area contributed by atoms with Crippen molar-refractivity contribution in [2.75, 3.05) is 6.61 Å². The maximum Gasteiger partial charge on any atom is 0.446 e. The second kappa shape index (κ2) is 4.45. The van der Waals surface area contributed by atoms with Gasteiger partial charge >= 0.3 is 6.09 Å². The summed E-state index contributed by atoms with van der Waals surface area (Å²) in [6.45, 7) is 1.89. The second-order valence-electron chi connectivity index (χ2n) is 0.865. The summed E-state index contributed by atoms with van der Waals surface area (Å²) in [5.41, 5.74) is 0. The lowest BCUT2D eigenvalue weighted by atomic mass is 10.9. The monoisotopic (exact) mass is 135 g/mol. The van der Waals surface area contributed by atoms with Gasteiger partial charge in [0.15, 0.2) is 0 Å². The van der Waals surface area contributed by atoms with Crippen molar-refractivity contribution < 1.29 is 13.7 Å². The average Bonchev–Trinajstić information content (AvgIpc) is 1.68. The molecular weight excluding hydrogens is 130 g/mol. The first kappa shape index (κ1) is 7.29. The third-order valence-electron chi connectivity index (χ3n) is 0.380. The molecule has 0 saturated heterocycles. The van der Waals surface area contributed by atoms with Crippen molar-refractivity contribution in [3.05, 3.63) is 0 Å². The molecule has 0 atom stereocenters. The molecule has 0 aromatic heterocycles. The van der Waals surface area contributed by atoms with E-state index in [4.69, 9.17) is 0 Å². The van der Waals surface area contributed by atoms with E-state index in [2.05, 4.69) is 9.10 Å². The molecule has 0 heterocycles. The Balaban J connectivity index is 3.49. The summed E-state index contributed by atoms with van der Waals surface area (Å²) >= 11 is -0.150. The standard InChI is InChI=1S/C3H5NO3S/c1-2-7-3(5)4-8-6/h2H2,1H3. The highest BCUT2D eigenvalue weighted by Crippen LogP contribution is 1.79. The van der Waals surface area contributed by atoms with E-state index in [0.717, 1.165) is 0 Å². The van der Waals surface area contributed by atoms with E-state index in [1.807, 2.05) is 0 Å². The number of hydrogen-bond donors (Lipinski definition) is 0. The van der Waals surface area contributed by atoms with Crippen LogP contribution in [0.4, 0.5) is 4.79 Å². The highest BCUT2D eigenvalue weighted by atomic mass is 32.1. The molecule has 0 fully saturated rings. The van der Waals surface area contributed by atoms with Crippen molar-refractivity contribution in [1.29, 1.82) is 0 Å². The van der Waals surface area contributed by atoms with Crippen LogP contribution in [-0.2, 0) is 16.2 Å². The number of amides is 1. The van der Waals surface area contributed by atoms with E-state index in [1.165, 1.54) is 0 Å². The summed E-state index contributed by atoms with van der Waals surface area (Å²) in [5, 5.41) is 0. The Labute approximate surface area is 50.1 Å². The van der Waals surface area contributed by atoms with Crippen molar-refractivity contribution in [1.82, 2.24) is 0 Å². The fraction of sp³-hybridized carbons (Fsp3) is 0.667. The van der Waals surface area contributed by atoms with Crippen LogP contribution in [0.3, 0.4) is 0 Å². The molecule has 0 spiro atoms. The first-order valence-electron chi connectivity index (χ1n) is 1.98. The van der Waals surface area contributed by atoms with Gasteiger partial charge in [-0.15, -0.1) is 0 Å². The Morgan fingerprint density at radius 3 is 2.88 bits per heavy atom. The van der Waals surface area contributed by atoms with E-state index in [-0.39, 0.29) is 18.1 Å². The van der Waals surface area contributed by atoms with Crippen molar-refractivity contribution in [3.63, 3.8) is 0 Å². The largest absolute Gasteiger partial charge is 0.448 e. The molecule has 0 aliphatic carbocycles. The minimum atomic E-state index is -0.813. The SMILES string of the molecule is CCOC(=O)N=S=O. The van der Waals surface area contributed by atoms with Crippen LogP contribution in [-0.4, -0.2) is 16.9 Å². The van der Waals surface area contributed by atoms with Crippen molar-refractivity contribution in [2.45, 2.75) is 6.92 Å². The lowest BCUT2D eigenvalue weighted by molar-refractivity contribution is 0.164. The molecule has 0 N–H and O–H groups in total. The molecule has 4 nitrogen and oxygen atoms in total. The molecule has 0 radical (unpaired) electrons. The Morgan fingerprint density at radius 1 is 1.88 bits per heavy atom. The van der Waals surface area contributed by atoms with Crippen LogP contribution < -0.4 is 0 Å². The van der Waals surface area contributed by atoms with Crippen molar-refractivity contribution in [3.8, 4) is 0 Å². The number of nitrogens with zero attached hydrogens (tertiary/aromatic N) is 1. The zero-order valence-corrected chi connectivity index (χ0v) is 5.10. The molecule has 8 heavy (non-hydrogen) atoms. The Kier molecular flexibility index (Phi) is 4.05. The van der Waals surface area contributed by atoms with Crippen LogP contribution in [0.1, 0.15) is 6.92 Å². The third kappa shape index (κ3) is 3.48. The van der Waals surface area contributed by atoms with Gasteiger partial charge in [0.2, 0.25) is 11.5 Å². The smallest absolute Gasteiger partial charge is 0.446 e. The van der Waals surface area contributed by atoms with E-state index in [9.17, 15) is 9.00 Å². The van der Waals surface area contributed by atoms with Crippen molar-refractivity contribution >= 4 is 17.6 Å². The van der Waals surface area contributed by atoms with Gasteiger partial charge in [-0.3, -0.25) is 0 Å². The maximum absolute atomic E-state index is 10.0. The minimum Gasteiger partial charge on any atom is -0.448 e. The van der Waals surface area contributed by atoms with Crippen molar-refractivity contribution in [2.24, 2.45) is 4.36 Å². The molecule has 0 bridgehead atoms. The first-order chi connectivity index (χ1) is 3.81. The van der Waals surface area contributed by atoms with Gasteiger partial charge < -0.3 is 4.74 Å². The first-order valence-corrected chi connectivity index (χ1v) is 2.68. The van der Waals surface area contributed by atoms with Gasteiger partial charge in [0.1, 0.15) is 0 Å². The zero-order chi connectivity index (χ0) is 6.41. The van der Waals surface area contributed by atoms with Crippen LogP contribution in [0.5, 0.6) is 0 Å². The Hall–Kier alpha value is -0.710. The summed E-state index contributed by atoms with van der Waals surface area (Å²) in [5.74, 6) is 0. The van der Waals surface area contributed by atoms with Crippen LogP contribution in [0.2, 0.25) is 0 Å². The fourth-order valence-electron chi connectivity index (χ4n) is 0.180. The summed E-state index contributed by atoms with van der Waals surface area (Å²) < 4.78 is 16.5. The molecule has 0 aliphatic rings. The Morgan fingerprint density at radius 2 is 2.50 bits per heavy atom. The van der Waals surface area contributed by atoms with Crippen LogP contribution in [0.15, 0.2) is 4.36 Å². The molecule has 0 unspecified atom stereocenters. The highest BCUT2D eigenvalue weighted by molar-refractivity contribution is 7.55. The number of rotatable bonds is 1. The predicted molar refractivity (Wildman–Crippen MR) is 27.6 cm³/mol. The van der Waals surface area contributed by atoms with Gasteiger partial charge in [-0.2, -0.15) is 4.21 Å². The van der Waals surface area contributed by atoms with E-state index in [0.29, 0.717) is 0 Å². The number of hydrogen-bond acceptors (Lipinski definition) is 3. The highest BCUT2D eigenvalue weighted by Gasteiger charge is 1.92. The molecule has 0 saturated carbocycles. The molecule has 0 aromatic rings. The van der Waals surface area contributed by atoms with E-state index < -0.39 is 6.09 Å². The van der Waals surface area contributed by atoms with E-state index in [1.54, 1.807) is 6.92 Å². The van der Waals surface area contributed by atoms with Gasteiger partial charge in [-0.05, 0) is 6.92 Å². The quantitative estimate of drug-likeness (QED) is 0.527. The average molecular weight is 135 g/mol. The molecule has 5 heteroatoms. The summed E-state index contributed by atoms with van der Waals surface area (Å²) in [7, 11) is 0. The van der Waals surface area contributed by atoms with Gasteiger partial charge in [0, 0.05) is 0 Å². The number of carbonyl (C=O) groups is 1. The fourth-order valence-corrected chi connectivity index (χ4v) is 0.294. The van der Waals surface area contributed by atoms with Gasteiger partial charge in [-0.1, -0.05) is 4.36 Å². The maximum atomic E-state index is 10.0. The van der Waals surface area contributed by atoms with Gasteiger partial charge in [-0.25, -0.2) is 4.79 Å². The second-order valence-corrected chi connectivity index (χ2v) is 1.20. The van der Waals surface area contributed by atoms with Gasteiger partial charge in [0.05, 0.1) is 6.61 Å². The normalized spacial score (nSPS) is 7.62. The predicted octanol–water partition coefficient (Wildman–Crippen LogP) is 0.540. The topological polar surface area (TPSA) is 55.7 Å². The molecule has 0 rings (SSSR count). The van der Waals surface area contributed by atoms with Crippen LogP contribution >= 0.6 is 0 Å². The molecular formula is C3H5NO3S. The minimum absolute atomic E-state index is 0.150. The summed E-state index contributed by atoms with van der Waals surface area (Å²) in [6.07, 6.45) is -0.813. The summed E-state index contributed by atoms with van der Waals surface area (Å²) in [6, 6.07) is 0. The lowest BCUT2D eigenvalue weighted by Gasteiger charge is -1.88. The zero-order valence-electron chi connectivity index (χ0n) is 4.29.